The number of hydrogen-bond donors (Lipinski definition) is 1. The van der Waals surface area contributed by atoms with Gasteiger partial charge in [0.2, 0.25) is 0 Å². The van der Waals surface area contributed by atoms with E-state index in [9.17, 15) is 28.3 Å². The van der Waals surface area contributed by atoms with Gasteiger partial charge >= 0.3 is 12.1 Å². The molecule has 1 aromatic carbocycles. The Kier molecular flexibility index (Phi) is 5.79. The fourth-order valence-electron chi connectivity index (χ4n) is 2.21. The molecular formula is C17H13F3N2O4. The number of aliphatic hydroxyl groups is 1. The van der Waals surface area contributed by atoms with Crippen LogP contribution in [0.1, 0.15) is 21.6 Å². The van der Waals surface area contributed by atoms with Gasteiger partial charge in [-0.3, -0.25) is 0 Å². The quantitative estimate of drug-likeness (QED) is 0.818. The summed E-state index contributed by atoms with van der Waals surface area (Å²) in [6.07, 6.45) is -4.55. The highest BCUT2D eigenvalue weighted by Gasteiger charge is 2.29. The molecule has 0 fully saturated rings. The number of nitrogens with zero attached hydrogens (tertiary/aromatic N) is 2. The molecule has 136 valence electrons. The number of aliphatic hydroxyl groups excluding tert-OH is 1. The first-order chi connectivity index (χ1) is 12.3. The van der Waals surface area contributed by atoms with Gasteiger partial charge in [0, 0.05) is 5.56 Å². The molecule has 6 nitrogen and oxygen atoms in total. The Morgan fingerprint density at radius 1 is 1.35 bits per heavy atom. The Morgan fingerprint density at radius 3 is 2.62 bits per heavy atom. The second kappa shape index (κ2) is 7.84. The molecule has 0 saturated carbocycles. The number of para-hydroxylation sites is 1. The van der Waals surface area contributed by atoms with E-state index in [1.54, 1.807) is 6.07 Å². The van der Waals surface area contributed by atoms with Gasteiger partial charge in [0.15, 0.2) is 6.61 Å². The van der Waals surface area contributed by atoms with Crippen LogP contribution < -0.4 is 4.74 Å². The van der Waals surface area contributed by atoms with Crippen molar-refractivity contribution in [2.75, 3.05) is 13.7 Å². The molecule has 2 aromatic rings. The number of halogens is 3. The zero-order valence-corrected chi connectivity index (χ0v) is 13.5. The highest BCUT2D eigenvalue weighted by molar-refractivity contribution is 5.95. The maximum Gasteiger partial charge on any atom is 0.422 e. The van der Waals surface area contributed by atoms with Crippen molar-refractivity contribution >= 4 is 5.97 Å². The van der Waals surface area contributed by atoms with E-state index in [2.05, 4.69) is 9.72 Å². The Bertz CT molecular complexity index is 860. The third kappa shape index (κ3) is 4.29. The van der Waals surface area contributed by atoms with Crippen molar-refractivity contribution in [2.24, 2.45) is 0 Å². The highest BCUT2D eigenvalue weighted by atomic mass is 19.4. The van der Waals surface area contributed by atoms with Gasteiger partial charge < -0.3 is 14.6 Å². The molecule has 0 aliphatic carbocycles. The highest BCUT2D eigenvalue weighted by Crippen LogP contribution is 2.33. The topological polar surface area (TPSA) is 92.4 Å². The van der Waals surface area contributed by atoms with Crippen molar-refractivity contribution < 1.29 is 32.5 Å². The molecule has 2 rings (SSSR count). The molecule has 1 aromatic heterocycles. The Balaban J connectivity index is 2.65. The molecule has 0 bridgehead atoms. The van der Waals surface area contributed by atoms with Crippen LogP contribution in [0.5, 0.6) is 5.75 Å². The van der Waals surface area contributed by atoms with Crippen LogP contribution in [-0.4, -0.2) is 36.0 Å². The van der Waals surface area contributed by atoms with Crippen LogP contribution in [0.4, 0.5) is 13.2 Å². The van der Waals surface area contributed by atoms with E-state index in [0.29, 0.717) is 0 Å². The first-order valence-corrected chi connectivity index (χ1v) is 7.23. The molecule has 0 aliphatic heterocycles. The lowest BCUT2D eigenvalue weighted by Gasteiger charge is -2.15. The largest absolute Gasteiger partial charge is 0.483 e. The molecular weight excluding hydrogens is 353 g/mol. The molecule has 26 heavy (non-hydrogen) atoms. The predicted octanol–water partition coefficient (Wildman–Crippen LogP) is 2.84. The second-order valence-electron chi connectivity index (χ2n) is 5.05. The van der Waals surface area contributed by atoms with Crippen LogP contribution in [0.25, 0.3) is 11.3 Å². The summed E-state index contributed by atoms with van der Waals surface area (Å²) in [6.45, 7) is -2.08. The molecule has 0 radical (unpaired) electrons. The van der Waals surface area contributed by atoms with Crippen molar-refractivity contribution in [3.63, 3.8) is 0 Å². The third-order valence-electron chi connectivity index (χ3n) is 3.29. The smallest absolute Gasteiger partial charge is 0.422 e. The maximum absolute atomic E-state index is 12.5. The van der Waals surface area contributed by atoms with Gasteiger partial charge in [-0.1, -0.05) is 12.1 Å². The lowest BCUT2D eigenvalue weighted by Crippen LogP contribution is -2.19. The molecule has 9 heteroatoms. The van der Waals surface area contributed by atoms with Crippen molar-refractivity contribution in [3.05, 3.63) is 47.2 Å². The fraction of sp³-hybridized carbons (Fsp3) is 0.235. The summed E-state index contributed by atoms with van der Waals surface area (Å²) >= 11 is 0. The first kappa shape index (κ1) is 19.2. The Hall–Kier alpha value is -3.12. The van der Waals surface area contributed by atoms with Crippen LogP contribution in [0.2, 0.25) is 0 Å². The van der Waals surface area contributed by atoms with Crippen LogP contribution in [0.3, 0.4) is 0 Å². The molecule has 0 aliphatic rings. The van der Waals surface area contributed by atoms with Crippen LogP contribution in [-0.2, 0) is 11.3 Å². The molecule has 0 atom stereocenters. The number of carbonyl (C=O) groups is 1. The molecule has 0 spiro atoms. The number of hydrogen-bond acceptors (Lipinski definition) is 6. The normalized spacial score (nSPS) is 10.9. The summed E-state index contributed by atoms with van der Waals surface area (Å²) in [6, 6.07) is 8.65. The van der Waals surface area contributed by atoms with Gasteiger partial charge in [-0.2, -0.15) is 18.4 Å². The minimum atomic E-state index is -4.55. The van der Waals surface area contributed by atoms with E-state index in [1.165, 1.54) is 30.3 Å². The number of methoxy groups -OCH3 is 1. The molecule has 0 amide bonds. The Labute approximate surface area is 146 Å². The van der Waals surface area contributed by atoms with Crippen molar-refractivity contribution in [1.29, 1.82) is 5.26 Å². The zero-order valence-electron chi connectivity index (χ0n) is 13.5. The lowest BCUT2D eigenvalue weighted by molar-refractivity contribution is -0.153. The summed E-state index contributed by atoms with van der Waals surface area (Å²) in [5, 5.41) is 18.8. The number of benzene rings is 1. The zero-order chi connectivity index (χ0) is 19.3. The molecule has 1 N–H and O–H groups in total. The van der Waals surface area contributed by atoms with Crippen LogP contribution in [0.15, 0.2) is 30.3 Å². The number of pyridine rings is 1. The summed E-state index contributed by atoms with van der Waals surface area (Å²) < 4.78 is 46.8. The number of esters is 1. The van der Waals surface area contributed by atoms with E-state index in [0.717, 1.165) is 7.11 Å². The number of aromatic nitrogens is 1. The average Bonchev–Trinajstić information content (AvgIpc) is 2.64. The van der Waals surface area contributed by atoms with Crippen molar-refractivity contribution in [1.82, 2.24) is 4.98 Å². The lowest BCUT2D eigenvalue weighted by atomic mass is 10.00. The van der Waals surface area contributed by atoms with E-state index in [4.69, 9.17) is 4.74 Å². The van der Waals surface area contributed by atoms with E-state index >= 15 is 0 Å². The van der Waals surface area contributed by atoms with Crippen LogP contribution in [0, 0.1) is 11.3 Å². The molecule has 0 unspecified atom stereocenters. The number of carbonyl (C=O) groups excluding carboxylic acids is 1. The number of nitriles is 1. The van der Waals surface area contributed by atoms with Gasteiger partial charge in [0.05, 0.1) is 36.2 Å². The van der Waals surface area contributed by atoms with E-state index in [-0.39, 0.29) is 33.8 Å². The average molecular weight is 366 g/mol. The van der Waals surface area contributed by atoms with Gasteiger partial charge in [-0.25, -0.2) is 9.78 Å². The second-order valence-corrected chi connectivity index (χ2v) is 5.05. The third-order valence-corrected chi connectivity index (χ3v) is 3.29. The Morgan fingerprint density at radius 2 is 2.04 bits per heavy atom. The van der Waals surface area contributed by atoms with Crippen molar-refractivity contribution in [3.8, 4) is 23.1 Å². The van der Waals surface area contributed by atoms with Gasteiger partial charge in [-0.05, 0) is 18.2 Å². The number of rotatable bonds is 5. The monoisotopic (exact) mass is 366 g/mol. The summed E-state index contributed by atoms with van der Waals surface area (Å²) in [7, 11) is 1.11. The first-order valence-electron chi connectivity index (χ1n) is 7.23. The van der Waals surface area contributed by atoms with Crippen molar-refractivity contribution in [2.45, 2.75) is 12.8 Å². The number of ether oxygens (including phenoxy) is 2. The summed E-state index contributed by atoms with van der Waals surface area (Å²) in [5.74, 6) is -1.01. The predicted molar refractivity (Wildman–Crippen MR) is 83.2 cm³/mol. The fourth-order valence-corrected chi connectivity index (χ4v) is 2.21. The van der Waals surface area contributed by atoms with E-state index in [1.807, 2.05) is 0 Å². The minimum Gasteiger partial charge on any atom is -0.483 e. The van der Waals surface area contributed by atoms with Gasteiger partial charge in [0.1, 0.15) is 11.8 Å². The van der Waals surface area contributed by atoms with E-state index < -0.39 is 25.4 Å². The van der Waals surface area contributed by atoms with Gasteiger partial charge in [-0.15, -0.1) is 0 Å². The van der Waals surface area contributed by atoms with Crippen LogP contribution >= 0.6 is 0 Å². The SMILES string of the molecule is COC(=O)c1cc(CO)nc(-c2ccccc2OCC(F)(F)F)c1C#N. The molecule has 1 heterocycles. The molecule has 0 saturated heterocycles. The number of alkyl halides is 3. The summed E-state index contributed by atoms with van der Waals surface area (Å²) in [5.41, 5.74) is -0.317. The van der Waals surface area contributed by atoms with Gasteiger partial charge in [0.25, 0.3) is 0 Å². The standard InChI is InChI=1S/C17H13F3N2O4/c1-25-16(24)12-6-10(8-23)22-15(13(12)7-21)11-4-2-3-5-14(11)26-9-17(18,19)20/h2-6,23H,8-9H2,1H3. The minimum absolute atomic E-state index is 0.0463. The maximum atomic E-state index is 12.5. The summed E-state index contributed by atoms with van der Waals surface area (Å²) in [4.78, 5) is 16.0.